The van der Waals surface area contributed by atoms with Crippen molar-refractivity contribution >= 4 is 21.1 Å². The fourth-order valence-corrected chi connectivity index (χ4v) is 5.37. The van der Waals surface area contributed by atoms with E-state index in [1.165, 1.54) is 4.31 Å². The van der Waals surface area contributed by atoms with Crippen LogP contribution in [-0.2, 0) is 30.0 Å². The molecule has 0 bridgehead atoms. The van der Waals surface area contributed by atoms with Gasteiger partial charge in [-0.3, -0.25) is 4.68 Å². The highest BCUT2D eigenvalue weighted by Crippen LogP contribution is 2.28. The molecular formula is C23H23N5O3S. The van der Waals surface area contributed by atoms with Crippen molar-refractivity contribution in [1.29, 1.82) is 0 Å². The van der Waals surface area contributed by atoms with E-state index in [1.807, 2.05) is 32.3 Å². The molecule has 1 aliphatic heterocycles. The molecule has 164 valence electrons. The van der Waals surface area contributed by atoms with Gasteiger partial charge < -0.3 is 4.74 Å². The molecule has 0 atom stereocenters. The van der Waals surface area contributed by atoms with Crippen molar-refractivity contribution in [2.75, 3.05) is 13.2 Å². The smallest absolute Gasteiger partial charge is 0.243 e. The lowest BCUT2D eigenvalue weighted by Gasteiger charge is -2.27. The van der Waals surface area contributed by atoms with Crippen molar-refractivity contribution < 1.29 is 13.2 Å². The fraction of sp³-hybridized carbons (Fsp3) is 0.261. The molecule has 5 rings (SSSR count). The Bertz CT molecular complexity index is 1400. The molecule has 0 saturated heterocycles. The van der Waals surface area contributed by atoms with Crippen molar-refractivity contribution in [2.24, 2.45) is 7.05 Å². The average molecular weight is 450 g/mol. The molecule has 0 unspecified atom stereocenters. The Morgan fingerprint density at radius 2 is 1.91 bits per heavy atom. The zero-order valence-electron chi connectivity index (χ0n) is 17.9. The van der Waals surface area contributed by atoms with Gasteiger partial charge in [0.05, 0.1) is 17.7 Å². The number of fused-ring (bicyclic) bond motifs is 2. The molecule has 1 aromatic carbocycles. The number of sulfonamides is 1. The van der Waals surface area contributed by atoms with Crippen LogP contribution in [0, 0.1) is 0 Å². The van der Waals surface area contributed by atoms with Crippen LogP contribution in [0.15, 0.2) is 59.9 Å². The van der Waals surface area contributed by atoms with Crippen molar-refractivity contribution in [1.82, 2.24) is 24.1 Å². The van der Waals surface area contributed by atoms with Gasteiger partial charge in [0, 0.05) is 61.2 Å². The van der Waals surface area contributed by atoms with Crippen molar-refractivity contribution in [3.05, 3.63) is 66.2 Å². The topological polar surface area (TPSA) is 90.2 Å². The SMILES string of the molecule is CCOc1ccc(S(=O)(=O)N2CCc3nc4ncc(-c5cnn(C)c5)cc4cc3C2)cc1. The largest absolute Gasteiger partial charge is 0.494 e. The molecule has 9 heteroatoms. The van der Waals surface area contributed by atoms with Crippen molar-refractivity contribution in [3.63, 3.8) is 0 Å². The van der Waals surface area contributed by atoms with Crippen LogP contribution in [-0.4, -0.2) is 45.6 Å². The first-order chi connectivity index (χ1) is 15.4. The van der Waals surface area contributed by atoms with Gasteiger partial charge in [0.15, 0.2) is 5.65 Å². The summed E-state index contributed by atoms with van der Waals surface area (Å²) in [6.07, 6.45) is 6.07. The van der Waals surface area contributed by atoms with E-state index in [4.69, 9.17) is 9.72 Å². The Morgan fingerprint density at radius 3 is 2.62 bits per heavy atom. The minimum Gasteiger partial charge on any atom is -0.494 e. The standard InChI is InChI=1S/C23H23N5O3S/c1-3-31-20-4-6-21(7-5-20)32(29,30)28-9-8-22-18(15-28)11-16-10-17(12-24-23(16)26-22)19-13-25-27(2)14-19/h4-7,10-14H,3,8-9,15H2,1-2H3. The van der Waals surface area contributed by atoms with Gasteiger partial charge in [0.25, 0.3) is 0 Å². The summed E-state index contributed by atoms with van der Waals surface area (Å²) in [6.45, 7) is 3.09. The highest BCUT2D eigenvalue weighted by atomic mass is 32.2. The van der Waals surface area contributed by atoms with E-state index in [2.05, 4.69) is 10.1 Å². The molecule has 32 heavy (non-hydrogen) atoms. The lowest BCUT2D eigenvalue weighted by Crippen LogP contribution is -2.36. The van der Waals surface area contributed by atoms with Crippen LogP contribution in [0.5, 0.6) is 5.75 Å². The summed E-state index contributed by atoms with van der Waals surface area (Å²) in [6, 6.07) is 10.6. The Morgan fingerprint density at radius 1 is 1.09 bits per heavy atom. The summed E-state index contributed by atoms with van der Waals surface area (Å²) in [5.41, 5.74) is 4.39. The van der Waals surface area contributed by atoms with Crippen molar-refractivity contribution in [3.8, 4) is 16.9 Å². The summed E-state index contributed by atoms with van der Waals surface area (Å²) in [7, 11) is -1.74. The molecule has 0 saturated carbocycles. The third-order valence-corrected chi connectivity index (χ3v) is 7.45. The number of hydrogen-bond acceptors (Lipinski definition) is 6. The van der Waals surface area contributed by atoms with Crippen molar-refractivity contribution in [2.45, 2.75) is 24.8 Å². The zero-order chi connectivity index (χ0) is 22.3. The normalized spacial score (nSPS) is 14.4. The van der Waals surface area contributed by atoms with E-state index in [9.17, 15) is 8.42 Å². The van der Waals surface area contributed by atoms with E-state index in [0.29, 0.717) is 31.0 Å². The number of benzene rings is 1. The predicted octanol–water partition coefficient (Wildman–Crippen LogP) is 3.18. The van der Waals surface area contributed by atoms with Gasteiger partial charge in [0.1, 0.15) is 5.75 Å². The van der Waals surface area contributed by atoms with Crippen LogP contribution >= 0.6 is 0 Å². The second-order valence-electron chi connectivity index (χ2n) is 7.76. The minimum absolute atomic E-state index is 0.263. The third-order valence-electron chi connectivity index (χ3n) is 5.59. The Balaban J connectivity index is 1.45. The van der Waals surface area contributed by atoms with E-state index in [1.54, 1.807) is 41.3 Å². The molecule has 0 fully saturated rings. The molecule has 0 radical (unpaired) electrons. The van der Waals surface area contributed by atoms with Gasteiger partial charge in [-0.1, -0.05) is 0 Å². The first-order valence-corrected chi connectivity index (χ1v) is 11.9. The molecule has 3 aromatic heterocycles. The molecule has 4 aromatic rings. The van der Waals surface area contributed by atoms with Gasteiger partial charge in [-0.05, 0) is 48.9 Å². The molecule has 8 nitrogen and oxygen atoms in total. The summed E-state index contributed by atoms with van der Waals surface area (Å²) in [4.78, 5) is 9.49. The second-order valence-corrected chi connectivity index (χ2v) is 9.70. The number of hydrogen-bond donors (Lipinski definition) is 0. The molecule has 0 N–H and O–H groups in total. The predicted molar refractivity (Wildman–Crippen MR) is 121 cm³/mol. The third kappa shape index (κ3) is 3.74. The van der Waals surface area contributed by atoms with E-state index < -0.39 is 10.0 Å². The molecule has 0 amide bonds. The summed E-state index contributed by atoms with van der Waals surface area (Å²) >= 11 is 0. The maximum absolute atomic E-state index is 13.2. The number of nitrogens with zero attached hydrogens (tertiary/aromatic N) is 5. The molecule has 0 aliphatic carbocycles. The lowest BCUT2D eigenvalue weighted by atomic mass is 10.0. The highest BCUT2D eigenvalue weighted by Gasteiger charge is 2.29. The van der Waals surface area contributed by atoms with Gasteiger partial charge in [-0.15, -0.1) is 0 Å². The number of rotatable bonds is 5. The number of pyridine rings is 2. The first-order valence-electron chi connectivity index (χ1n) is 10.4. The molecular weight excluding hydrogens is 426 g/mol. The maximum Gasteiger partial charge on any atom is 0.243 e. The fourth-order valence-electron chi connectivity index (χ4n) is 3.95. The molecule has 1 aliphatic rings. The monoisotopic (exact) mass is 449 g/mol. The van der Waals surface area contributed by atoms with E-state index in [0.717, 1.165) is 27.8 Å². The zero-order valence-corrected chi connectivity index (χ0v) is 18.7. The summed E-state index contributed by atoms with van der Waals surface area (Å²) in [5, 5.41) is 5.10. The van der Waals surface area contributed by atoms with Crippen LogP contribution in [0.1, 0.15) is 18.2 Å². The Labute approximate surface area is 186 Å². The van der Waals surface area contributed by atoms with Gasteiger partial charge in [-0.25, -0.2) is 18.4 Å². The lowest BCUT2D eigenvalue weighted by molar-refractivity contribution is 0.340. The average Bonchev–Trinajstić information content (AvgIpc) is 3.24. The quantitative estimate of drug-likeness (QED) is 0.465. The van der Waals surface area contributed by atoms with Crippen LogP contribution in [0.3, 0.4) is 0 Å². The summed E-state index contributed by atoms with van der Waals surface area (Å²) in [5.74, 6) is 0.656. The Kier molecular flexibility index (Phi) is 5.15. The number of ether oxygens (including phenoxy) is 1. The van der Waals surface area contributed by atoms with Crippen LogP contribution < -0.4 is 4.74 Å². The first kappa shape index (κ1) is 20.6. The molecule has 0 spiro atoms. The second kappa shape index (κ2) is 7.99. The summed E-state index contributed by atoms with van der Waals surface area (Å²) < 4.78 is 35.1. The van der Waals surface area contributed by atoms with Gasteiger partial charge >= 0.3 is 0 Å². The van der Waals surface area contributed by atoms with Gasteiger partial charge in [0.2, 0.25) is 10.0 Å². The molecule has 4 heterocycles. The highest BCUT2D eigenvalue weighted by molar-refractivity contribution is 7.89. The van der Waals surface area contributed by atoms with E-state index in [-0.39, 0.29) is 11.4 Å². The number of aryl methyl sites for hydroxylation is 1. The van der Waals surface area contributed by atoms with Crippen LogP contribution in [0.4, 0.5) is 0 Å². The minimum atomic E-state index is -3.61. The van der Waals surface area contributed by atoms with E-state index >= 15 is 0 Å². The maximum atomic E-state index is 13.2. The van der Waals surface area contributed by atoms with Crippen LogP contribution in [0.25, 0.3) is 22.2 Å². The number of aromatic nitrogens is 4. The Hall–Kier alpha value is -3.30. The van der Waals surface area contributed by atoms with Gasteiger partial charge in [-0.2, -0.15) is 9.40 Å². The van der Waals surface area contributed by atoms with Crippen LogP contribution in [0.2, 0.25) is 0 Å².